The van der Waals surface area contributed by atoms with E-state index in [0.717, 1.165) is 0 Å². The third-order valence-electron chi connectivity index (χ3n) is 5.05. The van der Waals surface area contributed by atoms with Gasteiger partial charge in [0.1, 0.15) is 0 Å². The predicted octanol–water partition coefficient (Wildman–Crippen LogP) is 5.22. The second-order valence-corrected chi connectivity index (χ2v) is 8.38. The van der Waals surface area contributed by atoms with E-state index in [1.807, 2.05) is 24.3 Å². The molecule has 0 bridgehead atoms. The molecule has 0 unspecified atom stereocenters. The molecule has 0 saturated heterocycles. The minimum absolute atomic E-state index is 0.0376. The Labute approximate surface area is 181 Å². The zero-order valence-electron chi connectivity index (χ0n) is 17.7. The number of nitrogens with one attached hydrogen (secondary N) is 2. The van der Waals surface area contributed by atoms with Crippen molar-refractivity contribution in [3.8, 4) is 11.5 Å². The van der Waals surface area contributed by atoms with Crippen molar-refractivity contribution in [1.82, 2.24) is 0 Å². The van der Waals surface area contributed by atoms with Gasteiger partial charge in [0.25, 0.3) is 11.8 Å². The number of benzene rings is 3. The molecule has 2 N–H and O–H groups in total. The summed E-state index contributed by atoms with van der Waals surface area (Å²) in [7, 11) is 0. The van der Waals surface area contributed by atoms with Crippen LogP contribution in [0.2, 0.25) is 0 Å². The molecule has 1 heterocycles. The number of amides is 2. The molecule has 0 fully saturated rings. The van der Waals surface area contributed by atoms with Crippen molar-refractivity contribution in [2.75, 3.05) is 17.4 Å². The van der Waals surface area contributed by atoms with Crippen LogP contribution in [0.5, 0.6) is 11.5 Å². The summed E-state index contributed by atoms with van der Waals surface area (Å²) in [5.74, 6) is 0.748. The van der Waals surface area contributed by atoms with Crippen LogP contribution in [0.15, 0.2) is 66.7 Å². The third kappa shape index (κ3) is 4.69. The van der Waals surface area contributed by atoms with Gasteiger partial charge in [-0.15, -0.1) is 0 Å². The quantitative estimate of drug-likeness (QED) is 0.612. The fourth-order valence-corrected chi connectivity index (χ4v) is 3.20. The van der Waals surface area contributed by atoms with Gasteiger partial charge in [0.2, 0.25) is 6.79 Å². The van der Waals surface area contributed by atoms with Crippen LogP contribution in [0.4, 0.5) is 11.4 Å². The lowest BCUT2D eigenvalue weighted by Crippen LogP contribution is -2.14. The van der Waals surface area contributed by atoms with Gasteiger partial charge < -0.3 is 20.1 Å². The maximum absolute atomic E-state index is 12.5. The average Bonchev–Trinajstić information content (AvgIpc) is 3.22. The molecule has 2 amide bonds. The maximum atomic E-state index is 12.5. The van der Waals surface area contributed by atoms with Gasteiger partial charge in [0.05, 0.1) is 0 Å². The first kappa shape index (κ1) is 20.5. The highest BCUT2D eigenvalue weighted by atomic mass is 16.7. The first-order chi connectivity index (χ1) is 14.8. The van der Waals surface area contributed by atoms with E-state index in [4.69, 9.17) is 9.47 Å². The van der Waals surface area contributed by atoms with Gasteiger partial charge in [0, 0.05) is 22.5 Å². The Hall–Kier alpha value is -3.80. The maximum Gasteiger partial charge on any atom is 0.255 e. The zero-order valence-corrected chi connectivity index (χ0v) is 17.7. The number of carbonyl (C=O) groups excluding carboxylic acids is 2. The van der Waals surface area contributed by atoms with Gasteiger partial charge >= 0.3 is 0 Å². The number of hydrogen-bond donors (Lipinski definition) is 2. The molecule has 0 aliphatic carbocycles. The summed E-state index contributed by atoms with van der Waals surface area (Å²) in [6, 6.07) is 19.6. The molecule has 6 nitrogen and oxygen atoms in total. The second kappa shape index (κ2) is 8.14. The van der Waals surface area contributed by atoms with Crippen molar-refractivity contribution in [2.24, 2.45) is 0 Å². The molecule has 0 saturated carbocycles. The molecular weight excluding hydrogens is 392 g/mol. The van der Waals surface area contributed by atoms with E-state index in [2.05, 4.69) is 31.4 Å². The van der Waals surface area contributed by atoms with Gasteiger partial charge in [0.15, 0.2) is 11.5 Å². The molecule has 31 heavy (non-hydrogen) atoms. The van der Waals surface area contributed by atoms with Crippen LogP contribution in [-0.2, 0) is 5.41 Å². The van der Waals surface area contributed by atoms with Gasteiger partial charge in [-0.2, -0.15) is 0 Å². The minimum atomic E-state index is -0.256. The second-order valence-electron chi connectivity index (χ2n) is 8.38. The fraction of sp³-hybridized carbons (Fsp3) is 0.200. The smallest absolute Gasteiger partial charge is 0.255 e. The first-order valence-electron chi connectivity index (χ1n) is 10.0. The van der Waals surface area contributed by atoms with Crippen molar-refractivity contribution in [3.05, 3.63) is 83.4 Å². The Kier molecular flexibility index (Phi) is 5.38. The monoisotopic (exact) mass is 416 g/mol. The van der Waals surface area contributed by atoms with E-state index in [0.29, 0.717) is 34.0 Å². The van der Waals surface area contributed by atoms with Crippen molar-refractivity contribution < 1.29 is 19.1 Å². The van der Waals surface area contributed by atoms with Gasteiger partial charge in [-0.3, -0.25) is 9.59 Å². The molecule has 158 valence electrons. The molecule has 1 aliphatic heterocycles. The summed E-state index contributed by atoms with van der Waals surface area (Å²) in [6.07, 6.45) is 0. The van der Waals surface area contributed by atoms with Crippen LogP contribution < -0.4 is 20.1 Å². The lowest BCUT2D eigenvalue weighted by Gasteiger charge is -2.19. The Balaban J connectivity index is 1.38. The van der Waals surface area contributed by atoms with Gasteiger partial charge in [-0.25, -0.2) is 0 Å². The minimum Gasteiger partial charge on any atom is -0.454 e. The molecule has 1 aliphatic rings. The summed E-state index contributed by atoms with van der Waals surface area (Å²) in [5, 5.41) is 5.71. The average molecular weight is 416 g/mol. The van der Waals surface area contributed by atoms with Crippen molar-refractivity contribution in [3.63, 3.8) is 0 Å². The van der Waals surface area contributed by atoms with Crippen LogP contribution in [0.1, 0.15) is 47.1 Å². The van der Waals surface area contributed by atoms with Crippen LogP contribution in [0, 0.1) is 0 Å². The summed E-state index contributed by atoms with van der Waals surface area (Å²) in [5.41, 5.74) is 3.54. The Morgan fingerprint density at radius 1 is 0.710 bits per heavy atom. The zero-order chi connectivity index (χ0) is 22.0. The SMILES string of the molecule is CC(C)(C)c1ccc(C(=O)Nc2ccc(NC(=O)c3ccc4c(c3)OCO4)cc2)cc1. The van der Waals surface area contributed by atoms with E-state index in [-0.39, 0.29) is 24.0 Å². The number of hydrogen-bond acceptors (Lipinski definition) is 4. The van der Waals surface area contributed by atoms with Crippen LogP contribution in [-0.4, -0.2) is 18.6 Å². The van der Waals surface area contributed by atoms with Crippen LogP contribution >= 0.6 is 0 Å². The highest BCUT2D eigenvalue weighted by Gasteiger charge is 2.17. The van der Waals surface area contributed by atoms with Crippen molar-refractivity contribution >= 4 is 23.2 Å². The first-order valence-corrected chi connectivity index (χ1v) is 10.0. The van der Waals surface area contributed by atoms with Crippen molar-refractivity contribution in [2.45, 2.75) is 26.2 Å². The predicted molar refractivity (Wildman–Crippen MR) is 120 cm³/mol. The molecule has 0 radical (unpaired) electrons. The summed E-state index contributed by atoms with van der Waals surface area (Å²) in [6.45, 7) is 6.56. The lowest BCUT2D eigenvalue weighted by molar-refractivity contribution is 0.101. The highest BCUT2D eigenvalue weighted by Crippen LogP contribution is 2.32. The lowest BCUT2D eigenvalue weighted by atomic mass is 9.87. The molecular formula is C25H24N2O4. The van der Waals surface area contributed by atoms with Crippen molar-refractivity contribution in [1.29, 1.82) is 0 Å². The van der Waals surface area contributed by atoms with E-state index in [1.165, 1.54) is 5.56 Å². The van der Waals surface area contributed by atoms with Crippen LogP contribution in [0.25, 0.3) is 0 Å². The molecule has 4 rings (SSSR count). The van der Waals surface area contributed by atoms with Crippen LogP contribution in [0.3, 0.4) is 0 Å². The molecule has 0 aromatic heterocycles. The molecule has 0 spiro atoms. The number of rotatable bonds is 4. The molecule has 0 atom stereocenters. The number of carbonyl (C=O) groups is 2. The van der Waals surface area contributed by atoms with Gasteiger partial charge in [-0.1, -0.05) is 32.9 Å². The number of anilines is 2. The normalized spacial score (nSPS) is 12.4. The molecule has 3 aromatic rings. The topological polar surface area (TPSA) is 76.7 Å². The summed E-state index contributed by atoms with van der Waals surface area (Å²) in [4.78, 5) is 25.0. The van der Waals surface area contributed by atoms with E-state index < -0.39 is 0 Å². The third-order valence-corrected chi connectivity index (χ3v) is 5.05. The fourth-order valence-electron chi connectivity index (χ4n) is 3.20. The number of fused-ring (bicyclic) bond motifs is 1. The highest BCUT2D eigenvalue weighted by molar-refractivity contribution is 6.06. The Morgan fingerprint density at radius 3 is 1.81 bits per heavy atom. The Bertz CT molecular complexity index is 1110. The Morgan fingerprint density at radius 2 is 1.23 bits per heavy atom. The number of ether oxygens (including phenoxy) is 2. The molecule has 3 aromatic carbocycles. The largest absolute Gasteiger partial charge is 0.454 e. The standard InChI is InChI=1S/C25H24N2O4/c1-25(2,3)18-7-4-16(5-8-18)23(28)26-19-9-11-20(12-10-19)27-24(29)17-6-13-21-22(14-17)31-15-30-21/h4-14H,15H2,1-3H3,(H,26,28)(H,27,29). The van der Waals surface area contributed by atoms with E-state index >= 15 is 0 Å². The van der Waals surface area contributed by atoms with E-state index in [9.17, 15) is 9.59 Å². The van der Waals surface area contributed by atoms with E-state index in [1.54, 1.807) is 42.5 Å². The summed E-state index contributed by atoms with van der Waals surface area (Å²) < 4.78 is 10.6. The molecule has 6 heteroatoms. The summed E-state index contributed by atoms with van der Waals surface area (Å²) >= 11 is 0. The van der Waals surface area contributed by atoms with Gasteiger partial charge in [-0.05, 0) is 65.6 Å².